The van der Waals surface area contributed by atoms with Crippen molar-refractivity contribution in [3.05, 3.63) is 83.4 Å². The fourth-order valence-corrected chi connectivity index (χ4v) is 3.84. The van der Waals surface area contributed by atoms with E-state index in [1.807, 2.05) is 32.2 Å². The van der Waals surface area contributed by atoms with Crippen LogP contribution in [0.4, 0.5) is 11.6 Å². The third-order valence-corrected chi connectivity index (χ3v) is 5.70. The van der Waals surface area contributed by atoms with E-state index in [2.05, 4.69) is 61.7 Å². The normalized spacial score (nSPS) is 13.3. The number of hydrogen-bond donors (Lipinski definition) is 1. The van der Waals surface area contributed by atoms with Crippen LogP contribution in [-0.2, 0) is 19.5 Å². The van der Waals surface area contributed by atoms with Crippen LogP contribution in [0, 0.1) is 0 Å². The number of aromatic nitrogens is 4. The zero-order valence-electron chi connectivity index (χ0n) is 18.3. The molecule has 0 saturated heterocycles. The van der Waals surface area contributed by atoms with Gasteiger partial charge in [0.05, 0.1) is 0 Å². The highest BCUT2D eigenvalue weighted by Crippen LogP contribution is 2.24. The lowest BCUT2D eigenvalue weighted by Gasteiger charge is -2.29. The minimum atomic E-state index is 0.224. The summed E-state index contributed by atoms with van der Waals surface area (Å²) in [5, 5.41) is 7.39. The minimum Gasteiger partial charge on any atom is -0.366 e. The maximum Gasteiger partial charge on any atom is 0.258 e. The first-order valence-electron chi connectivity index (χ1n) is 11.0. The van der Waals surface area contributed by atoms with Gasteiger partial charge >= 0.3 is 0 Å². The third kappa shape index (κ3) is 4.32. The number of rotatable bonds is 6. The molecule has 1 aromatic carbocycles. The first kappa shape index (κ1) is 20.2. The highest BCUT2D eigenvalue weighted by molar-refractivity contribution is 5.58. The van der Waals surface area contributed by atoms with Crippen LogP contribution in [0.2, 0.25) is 0 Å². The summed E-state index contributed by atoms with van der Waals surface area (Å²) in [6.45, 7) is 6.61. The monoisotopic (exact) mass is 426 g/mol. The summed E-state index contributed by atoms with van der Waals surface area (Å²) in [7, 11) is 0. The van der Waals surface area contributed by atoms with Crippen molar-refractivity contribution < 1.29 is 4.52 Å². The number of fused-ring (bicyclic) bond motifs is 1. The molecular weight excluding hydrogens is 400 g/mol. The van der Waals surface area contributed by atoms with Crippen molar-refractivity contribution in [3.8, 4) is 11.5 Å². The van der Waals surface area contributed by atoms with Gasteiger partial charge in [-0.2, -0.15) is 4.98 Å². The molecule has 0 saturated carbocycles. The summed E-state index contributed by atoms with van der Waals surface area (Å²) >= 11 is 0. The van der Waals surface area contributed by atoms with Gasteiger partial charge in [0.15, 0.2) is 5.82 Å². The van der Waals surface area contributed by atoms with Crippen LogP contribution in [0.1, 0.15) is 42.3 Å². The van der Waals surface area contributed by atoms with E-state index in [1.165, 1.54) is 11.1 Å². The molecule has 4 heterocycles. The van der Waals surface area contributed by atoms with Crippen molar-refractivity contribution in [2.45, 2.75) is 39.3 Å². The van der Waals surface area contributed by atoms with E-state index in [0.29, 0.717) is 18.3 Å². The van der Waals surface area contributed by atoms with Crippen molar-refractivity contribution in [2.75, 3.05) is 16.8 Å². The average molecular weight is 427 g/mol. The second kappa shape index (κ2) is 8.78. The largest absolute Gasteiger partial charge is 0.366 e. The summed E-state index contributed by atoms with van der Waals surface area (Å²) in [4.78, 5) is 15.9. The maximum absolute atomic E-state index is 5.39. The molecule has 1 N–H and O–H groups in total. The molecular formula is C25H26N6O. The summed E-state index contributed by atoms with van der Waals surface area (Å²) in [6.07, 6.45) is 4.73. The van der Waals surface area contributed by atoms with Gasteiger partial charge in [0.2, 0.25) is 0 Å². The highest BCUT2D eigenvalue weighted by Gasteiger charge is 2.17. The fourth-order valence-electron chi connectivity index (χ4n) is 3.84. The molecule has 0 radical (unpaired) electrons. The lowest BCUT2D eigenvalue weighted by Crippen LogP contribution is -2.30. The van der Waals surface area contributed by atoms with Gasteiger partial charge in [0.1, 0.15) is 11.6 Å². The zero-order chi connectivity index (χ0) is 21.9. The van der Waals surface area contributed by atoms with Crippen LogP contribution in [0.15, 0.2) is 65.4 Å². The Morgan fingerprint density at radius 3 is 2.72 bits per heavy atom. The van der Waals surface area contributed by atoms with E-state index in [0.717, 1.165) is 42.3 Å². The molecule has 7 nitrogen and oxygen atoms in total. The Kier molecular flexibility index (Phi) is 5.54. The zero-order valence-corrected chi connectivity index (χ0v) is 18.3. The van der Waals surface area contributed by atoms with Gasteiger partial charge in [-0.15, -0.1) is 0 Å². The Labute approximate surface area is 187 Å². The first-order valence-corrected chi connectivity index (χ1v) is 11.0. The van der Waals surface area contributed by atoms with Crippen LogP contribution in [-0.4, -0.2) is 26.7 Å². The van der Waals surface area contributed by atoms with Crippen LogP contribution >= 0.6 is 0 Å². The molecule has 1 aliphatic rings. The van der Waals surface area contributed by atoms with E-state index in [9.17, 15) is 0 Å². The lowest BCUT2D eigenvalue weighted by atomic mass is 10.00. The third-order valence-electron chi connectivity index (χ3n) is 5.70. The molecule has 7 heteroatoms. The van der Waals surface area contributed by atoms with E-state index < -0.39 is 0 Å². The summed E-state index contributed by atoms with van der Waals surface area (Å²) < 4.78 is 5.39. The standard InChI is InChI=1S/C25H26N6O/c1-17(2)24-29-25(32-30-24)20-9-11-26-22(13-20)27-14-18-7-8-23(28-15-18)31-12-10-19-5-3-4-6-21(19)16-31/h3-9,11,13,15,17H,10,12,14,16H2,1-2H3,(H,26,27). The summed E-state index contributed by atoms with van der Waals surface area (Å²) in [6, 6.07) is 16.7. The molecule has 32 heavy (non-hydrogen) atoms. The maximum atomic E-state index is 5.39. The minimum absolute atomic E-state index is 0.224. The topological polar surface area (TPSA) is 80.0 Å². The molecule has 1 aliphatic heterocycles. The first-order chi connectivity index (χ1) is 15.7. The molecule has 0 atom stereocenters. The molecule has 0 spiro atoms. The molecule has 0 aliphatic carbocycles. The van der Waals surface area contributed by atoms with Gasteiger partial charge in [0, 0.05) is 43.5 Å². The Morgan fingerprint density at radius 2 is 1.94 bits per heavy atom. The Morgan fingerprint density at radius 1 is 1.06 bits per heavy atom. The van der Waals surface area contributed by atoms with E-state index >= 15 is 0 Å². The number of anilines is 2. The molecule has 162 valence electrons. The van der Waals surface area contributed by atoms with Crippen molar-refractivity contribution >= 4 is 11.6 Å². The number of benzene rings is 1. The number of pyridine rings is 2. The van der Waals surface area contributed by atoms with Gasteiger partial charge < -0.3 is 14.7 Å². The molecule has 4 aromatic rings. The van der Waals surface area contributed by atoms with Crippen molar-refractivity contribution in [1.82, 2.24) is 20.1 Å². The number of nitrogens with one attached hydrogen (secondary N) is 1. The van der Waals surface area contributed by atoms with Crippen LogP contribution < -0.4 is 10.2 Å². The molecule has 0 unspecified atom stereocenters. The van der Waals surface area contributed by atoms with E-state index in [-0.39, 0.29) is 5.92 Å². The molecule has 0 bridgehead atoms. The predicted octanol–water partition coefficient (Wildman–Crippen LogP) is 4.82. The van der Waals surface area contributed by atoms with Gasteiger partial charge in [-0.25, -0.2) is 9.97 Å². The summed E-state index contributed by atoms with van der Waals surface area (Å²) in [5.74, 6) is 3.20. The van der Waals surface area contributed by atoms with E-state index in [1.54, 1.807) is 6.20 Å². The lowest BCUT2D eigenvalue weighted by molar-refractivity contribution is 0.419. The fraction of sp³-hybridized carbons (Fsp3) is 0.280. The predicted molar refractivity (Wildman–Crippen MR) is 124 cm³/mol. The SMILES string of the molecule is CC(C)c1noc(-c2ccnc(NCc3ccc(N4CCc5ccccc5C4)nc3)c2)n1. The molecule has 5 rings (SSSR count). The average Bonchev–Trinajstić information content (AvgIpc) is 3.34. The Bertz CT molecular complexity index is 1200. The molecule has 0 amide bonds. The van der Waals surface area contributed by atoms with Gasteiger partial charge in [-0.05, 0) is 41.3 Å². The van der Waals surface area contributed by atoms with Crippen molar-refractivity contribution in [1.29, 1.82) is 0 Å². The summed E-state index contributed by atoms with van der Waals surface area (Å²) in [5.41, 5.74) is 4.78. The van der Waals surface area contributed by atoms with E-state index in [4.69, 9.17) is 9.51 Å². The number of nitrogens with zero attached hydrogens (tertiary/aromatic N) is 5. The number of hydrogen-bond acceptors (Lipinski definition) is 7. The molecule has 0 fully saturated rings. The Balaban J connectivity index is 1.22. The van der Waals surface area contributed by atoms with Gasteiger partial charge in [0.25, 0.3) is 5.89 Å². The second-order valence-corrected chi connectivity index (χ2v) is 8.36. The Hall–Kier alpha value is -3.74. The highest BCUT2D eigenvalue weighted by atomic mass is 16.5. The van der Waals surface area contributed by atoms with Crippen molar-refractivity contribution in [2.24, 2.45) is 0 Å². The van der Waals surface area contributed by atoms with Gasteiger partial charge in [-0.3, -0.25) is 0 Å². The smallest absolute Gasteiger partial charge is 0.258 e. The van der Waals surface area contributed by atoms with Gasteiger partial charge in [-0.1, -0.05) is 49.3 Å². The second-order valence-electron chi connectivity index (χ2n) is 8.36. The van der Waals surface area contributed by atoms with Crippen LogP contribution in [0.3, 0.4) is 0 Å². The van der Waals surface area contributed by atoms with Crippen LogP contribution in [0.25, 0.3) is 11.5 Å². The van der Waals surface area contributed by atoms with Crippen molar-refractivity contribution in [3.63, 3.8) is 0 Å². The molecule has 3 aromatic heterocycles. The van der Waals surface area contributed by atoms with Crippen LogP contribution in [0.5, 0.6) is 0 Å². The quantitative estimate of drug-likeness (QED) is 0.473.